The predicted octanol–water partition coefficient (Wildman–Crippen LogP) is 2.35. The lowest BCUT2D eigenvalue weighted by Crippen LogP contribution is -2.33. The van der Waals surface area contributed by atoms with Crippen LogP contribution in [0.2, 0.25) is 0 Å². The van der Waals surface area contributed by atoms with Crippen LogP contribution in [-0.2, 0) is 4.74 Å². The zero-order valence-corrected chi connectivity index (χ0v) is 6.89. The third-order valence-electron chi connectivity index (χ3n) is 2.89. The summed E-state index contributed by atoms with van der Waals surface area (Å²) in [5.41, 5.74) is 0.266. The van der Waals surface area contributed by atoms with Crippen LogP contribution in [0.1, 0.15) is 39.5 Å². The quantitative estimate of drug-likeness (QED) is 0.502. The van der Waals surface area contributed by atoms with Crippen LogP contribution >= 0.6 is 0 Å². The van der Waals surface area contributed by atoms with Crippen LogP contribution in [-0.4, -0.2) is 11.7 Å². The standard InChI is InChI=1S/C9H16O/c1-7-5-8-3-4-9(2,6-7)10-8/h7-8H,3-6H2,1-2H3. The summed E-state index contributed by atoms with van der Waals surface area (Å²) in [5.74, 6) is 0.895. The molecular weight excluding hydrogens is 124 g/mol. The third kappa shape index (κ3) is 0.968. The molecule has 0 N–H and O–H groups in total. The van der Waals surface area contributed by atoms with Gasteiger partial charge in [-0.1, -0.05) is 6.92 Å². The number of hydrogen-bond acceptors (Lipinski definition) is 1. The van der Waals surface area contributed by atoms with Crippen molar-refractivity contribution in [2.45, 2.75) is 51.2 Å². The number of fused-ring (bicyclic) bond motifs is 2. The van der Waals surface area contributed by atoms with Gasteiger partial charge in [-0.3, -0.25) is 0 Å². The molecule has 3 unspecified atom stereocenters. The van der Waals surface area contributed by atoms with Crippen LogP contribution in [0.4, 0.5) is 0 Å². The Morgan fingerprint density at radius 2 is 2.30 bits per heavy atom. The van der Waals surface area contributed by atoms with Crippen molar-refractivity contribution in [2.24, 2.45) is 5.92 Å². The first-order valence-electron chi connectivity index (χ1n) is 4.36. The van der Waals surface area contributed by atoms with Crippen LogP contribution in [0.15, 0.2) is 0 Å². The van der Waals surface area contributed by atoms with Crippen LogP contribution in [0.3, 0.4) is 0 Å². The summed E-state index contributed by atoms with van der Waals surface area (Å²) in [6.07, 6.45) is 5.79. The average molecular weight is 140 g/mol. The van der Waals surface area contributed by atoms with Gasteiger partial charge >= 0.3 is 0 Å². The average Bonchev–Trinajstić information content (AvgIpc) is 2.06. The van der Waals surface area contributed by atoms with Gasteiger partial charge in [-0.25, -0.2) is 0 Å². The minimum atomic E-state index is 0.266. The molecular formula is C9H16O. The maximum Gasteiger partial charge on any atom is 0.0661 e. The van der Waals surface area contributed by atoms with E-state index in [4.69, 9.17) is 4.74 Å². The first kappa shape index (κ1) is 6.66. The molecule has 0 amide bonds. The predicted molar refractivity (Wildman–Crippen MR) is 40.9 cm³/mol. The lowest BCUT2D eigenvalue weighted by molar-refractivity contribution is -0.0820. The lowest BCUT2D eigenvalue weighted by Gasteiger charge is -2.33. The van der Waals surface area contributed by atoms with Crippen LogP contribution < -0.4 is 0 Å². The summed E-state index contributed by atoms with van der Waals surface area (Å²) in [6.45, 7) is 4.61. The summed E-state index contributed by atoms with van der Waals surface area (Å²) in [6, 6.07) is 0. The van der Waals surface area contributed by atoms with Crippen LogP contribution in [0.5, 0.6) is 0 Å². The summed E-state index contributed by atoms with van der Waals surface area (Å²) >= 11 is 0. The fourth-order valence-electron chi connectivity index (χ4n) is 2.57. The van der Waals surface area contributed by atoms with Gasteiger partial charge in [0.15, 0.2) is 0 Å². The zero-order chi connectivity index (χ0) is 7.19. The monoisotopic (exact) mass is 140 g/mol. The van der Waals surface area contributed by atoms with E-state index in [1.54, 1.807) is 0 Å². The van der Waals surface area contributed by atoms with E-state index in [0.29, 0.717) is 6.10 Å². The van der Waals surface area contributed by atoms with Gasteiger partial charge in [-0.2, -0.15) is 0 Å². The SMILES string of the molecule is CC1CC2CCC(C)(C1)O2. The minimum absolute atomic E-state index is 0.266. The summed E-state index contributed by atoms with van der Waals surface area (Å²) < 4.78 is 5.86. The van der Waals surface area contributed by atoms with Gasteiger partial charge in [0.25, 0.3) is 0 Å². The second kappa shape index (κ2) is 1.97. The molecule has 2 heterocycles. The van der Waals surface area contributed by atoms with Gasteiger partial charge in [-0.05, 0) is 38.5 Å². The van der Waals surface area contributed by atoms with Crippen molar-refractivity contribution in [2.75, 3.05) is 0 Å². The molecule has 2 saturated heterocycles. The van der Waals surface area contributed by atoms with Gasteiger partial charge in [0.05, 0.1) is 11.7 Å². The van der Waals surface area contributed by atoms with E-state index in [-0.39, 0.29) is 5.60 Å². The smallest absolute Gasteiger partial charge is 0.0661 e. The fourth-order valence-corrected chi connectivity index (χ4v) is 2.57. The van der Waals surface area contributed by atoms with Gasteiger partial charge in [0.1, 0.15) is 0 Å². The van der Waals surface area contributed by atoms with Crippen LogP contribution in [0.25, 0.3) is 0 Å². The first-order chi connectivity index (χ1) is 4.68. The van der Waals surface area contributed by atoms with E-state index in [1.165, 1.54) is 25.7 Å². The highest BCUT2D eigenvalue weighted by atomic mass is 16.5. The fraction of sp³-hybridized carbons (Fsp3) is 1.00. The van der Waals surface area contributed by atoms with Gasteiger partial charge in [0.2, 0.25) is 0 Å². The maximum atomic E-state index is 5.86. The Morgan fingerprint density at radius 3 is 3.00 bits per heavy atom. The zero-order valence-electron chi connectivity index (χ0n) is 6.89. The number of rotatable bonds is 0. The Kier molecular flexibility index (Phi) is 1.31. The van der Waals surface area contributed by atoms with Crippen molar-refractivity contribution >= 4 is 0 Å². The molecule has 1 heteroatoms. The lowest BCUT2D eigenvalue weighted by atomic mass is 9.90. The molecule has 2 aliphatic heterocycles. The minimum Gasteiger partial charge on any atom is -0.372 e. The van der Waals surface area contributed by atoms with Crippen molar-refractivity contribution in [1.29, 1.82) is 0 Å². The molecule has 3 atom stereocenters. The van der Waals surface area contributed by atoms with Gasteiger partial charge in [0, 0.05) is 0 Å². The summed E-state index contributed by atoms with van der Waals surface area (Å²) in [7, 11) is 0. The van der Waals surface area contributed by atoms with E-state index in [2.05, 4.69) is 13.8 Å². The second-order valence-corrected chi connectivity index (χ2v) is 4.27. The molecule has 2 aliphatic rings. The highest BCUT2D eigenvalue weighted by Gasteiger charge is 2.41. The van der Waals surface area contributed by atoms with Crippen molar-refractivity contribution in [1.82, 2.24) is 0 Å². The highest BCUT2D eigenvalue weighted by Crippen LogP contribution is 2.43. The highest BCUT2D eigenvalue weighted by molar-refractivity contribution is 4.91. The number of hydrogen-bond donors (Lipinski definition) is 0. The molecule has 2 rings (SSSR count). The summed E-state index contributed by atoms with van der Waals surface area (Å²) in [4.78, 5) is 0. The molecule has 0 aromatic heterocycles. The first-order valence-corrected chi connectivity index (χ1v) is 4.36. The molecule has 0 saturated carbocycles. The van der Waals surface area contributed by atoms with Crippen molar-refractivity contribution < 1.29 is 4.74 Å². The normalized spacial score (nSPS) is 53.4. The van der Waals surface area contributed by atoms with E-state index < -0.39 is 0 Å². The van der Waals surface area contributed by atoms with Gasteiger partial charge < -0.3 is 4.74 Å². The Morgan fingerprint density at radius 1 is 1.50 bits per heavy atom. The molecule has 10 heavy (non-hydrogen) atoms. The van der Waals surface area contributed by atoms with Crippen molar-refractivity contribution in [3.8, 4) is 0 Å². The molecule has 2 fully saturated rings. The van der Waals surface area contributed by atoms with E-state index in [1.807, 2.05) is 0 Å². The molecule has 2 bridgehead atoms. The van der Waals surface area contributed by atoms with E-state index >= 15 is 0 Å². The number of ether oxygens (including phenoxy) is 1. The Hall–Kier alpha value is -0.0400. The Bertz CT molecular complexity index is 144. The molecule has 0 radical (unpaired) electrons. The second-order valence-electron chi connectivity index (χ2n) is 4.27. The molecule has 58 valence electrons. The van der Waals surface area contributed by atoms with Gasteiger partial charge in [-0.15, -0.1) is 0 Å². The van der Waals surface area contributed by atoms with Crippen LogP contribution in [0, 0.1) is 5.92 Å². The van der Waals surface area contributed by atoms with E-state index in [0.717, 1.165) is 5.92 Å². The molecule has 0 aliphatic carbocycles. The van der Waals surface area contributed by atoms with E-state index in [9.17, 15) is 0 Å². The van der Waals surface area contributed by atoms with Crippen molar-refractivity contribution in [3.63, 3.8) is 0 Å². The Labute approximate surface area is 62.8 Å². The van der Waals surface area contributed by atoms with Crippen molar-refractivity contribution in [3.05, 3.63) is 0 Å². The molecule has 1 nitrogen and oxygen atoms in total. The largest absolute Gasteiger partial charge is 0.372 e. The molecule has 0 spiro atoms. The maximum absolute atomic E-state index is 5.86. The summed E-state index contributed by atoms with van der Waals surface area (Å²) in [5, 5.41) is 0. The third-order valence-corrected chi connectivity index (χ3v) is 2.89. The molecule has 0 aromatic rings. The molecule has 0 aromatic carbocycles. The Balaban J connectivity index is 2.13. The topological polar surface area (TPSA) is 9.23 Å².